The summed E-state index contributed by atoms with van der Waals surface area (Å²) in [5, 5.41) is 0.560. The molecule has 0 fully saturated rings. The van der Waals surface area contributed by atoms with E-state index in [2.05, 4.69) is 22.1 Å². The van der Waals surface area contributed by atoms with Gasteiger partial charge in [-0.2, -0.15) is 0 Å². The Labute approximate surface area is 163 Å². The van der Waals surface area contributed by atoms with Crippen LogP contribution in [-0.2, 0) is 17.9 Å². The van der Waals surface area contributed by atoms with Crippen LogP contribution in [0.15, 0.2) is 71.5 Å². The summed E-state index contributed by atoms with van der Waals surface area (Å²) in [7, 11) is 0. The first-order valence-corrected chi connectivity index (χ1v) is 9.66. The molecule has 1 aromatic heterocycles. The number of amides is 1. The van der Waals surface area contributed by atoms with Gasteiger partial charge in [0.2, 0.25) is 5.91 Å². The third-order valence-corrected chi connectivity index (χ3v) is 5.15. The van der Waals surface area contributed by atoms with Crippen molar-refractivity contribution in [3.63, 3.8) is 0 Å². The summed E-state index contributed by atoms with van der Waals surface area (Å²) >= 11 is 0. The predicted octanol–water partition coefficient (Wildman–Crippen LogP) is 3.81. The lowest BCUT2D eigenvalue weighted by molar-refractivity contribution is -0.137. The number of aromatic amines is 1. The van der Waals surface area contributed by atoms with Gasteiger partial charge >= 0.3 is 0 Å². The first kappa shape index (κ1) is 18.2. The van der Waals surface area contributed by atoms with E-state index in [4.69, 9.17) is 0 Å². The number of carbonyl (C=O) groups excluding carboxylic acids is 1. The van der Waals surface area contributed by atoms with Gasteiger partial charge in [0.15, 0.2) is 0 Å². The zero-order chi connectivity index (χ0) is 19.3. The highest BCUT2D eigenvalue weighted by molar-refractivity contribution is 5.79. The summed E-state index contributed by atoms with van der Waals surface area (Å²) in [5.74, 6) is 0.615. The Hall–Kier alpha value is -3.21. The molecule has 28 heavy (non-hydrogen) atoms. The van der Waals surface area contributed by atoms with Crippen molar-refractivity contribution < 1.29 is 4.79 Å². The number of nitrogens with zero attached hydrogens (tertiary/aromatic N) is 2. The maximum atomic E-state index is 13.2. The second kappa shape index (κ2) is 8.21. The normalized spacial score (nSPS) is 16.2. The molecule has 1 amide bonds. The molecule has 1 aliphatic rings. The van der Waals surface area contributed by atoms with Crippen molar-refractivity contribution >= 4 is 16.8 Å². The quantitative estimate of drug-likeness (QED) is 0.692. The molecule has 2 aromatic carbocycles. The van der Waals surface area contributed by atoms with Crippen molar-refractivity contribution in [1.29, 1.82) is 0 Å². The highest BCUT2D eigenvalue weighted by atomic mass is 16.2. The average molecular weight is 373 g/mol. The van der Waals surface area contributed by atoms with Crippen LogP contribution < -0.4 is 5.56 Å². The van der Waals surface area contributed by atoms with Crippen LogP contribution in [0.4, 0.5) is 0 Å². The van der Waals surface area contributed by atoms with Crippen LogP contribution in [0.3, 0.4) is 0 Å². The van der Waals surface area contributed by atoms with Crippen molar-refractivity contribution in [2.24, 2.45) is 5.92 Å². The summed E-state index contributed by atoms with van der Waals surface area (Å²) in [5.41, 5.74) is 1.53. The van der Waals surface area contributed by atoms with E-state index in [1.807, 2.05) is 53.4 Å². The molecule has 4 rings (SSSR count). The number of allylic oxidation sites excluding steroid dienone is 2. The molecule has 5 nitrogen and oxygen atoms in total. The second-order valence-electron chi connectivity index (χ2n) is 7.19. The van der Waals surface area contributed by atoms with E-state index in [0.717, 1.165) is 24.8 Å². The highest BCUT2D eigenvalue weighted by Crippen LogP contribution is 2.22. The molecule has 1 heterocycles. The van der Waals surface area contributed by atoms with Crippen molar-refractivity contribution in [3.05, 3.63) is 88.5 Å². The van der Waals surface area contributed by atoms with Gasteiger partial charge in [0.05, 0.1) is 17.4 Å². The van der Waals surface area contributed by atoms with Gasteiger partial charge in [0.1, 0.15) is 5.82 Å². The lowest BCUT2D eigenvalue weighted by Gasteiger charge is -2.28. The summed E-state index contributed by atoms with van der Waals surface area (Å²) in [6.07, 6.45) is 6.78. The Morgan fingerprint density at radius 3 is 2.61 bits per heavy atom. The number of benzene rings is 2. The van der Waals surface area contributed by atoms with Gasteiger partial charge in [0, 0.05) is 12.5 Å². The lowest BCUT2D eigenvalue weighted by atomic mass is 9.93. The molecule has 142 valence electrons. The molecular formula is C23H23N3O2. The smallest absolute Gasteiger partial charge is 0.258 e. The van der Waals surface area contributed by atoms with Crippen molar-refractivity contribution in [3.8, 4) is 0 Å². The number of aromatic nitrogens is 2. The molecule has 1 aliphatic carbocycles. The van der Waals surface area contributed by atoms with E-state index in [1.54, 1.807) is 6.07 Å². The van der Waals surface area contributed by atoms with Crippen LogP contribution in [-0.4, -0.2) is 20.8 Å². The summed E-state index contributed by atoms with van der Waals surface area (Å²) in [6.45, 7) is 0.782. The summed E-state index contributed by atoms with van der Waals surface area (Å²) in [6, 6.07) is 17.2. The number of hydrogen-bond acceptors (Lipinski definition) is 3. The molecule has 0 unspecified atom stereocenters. The van der Waals surface area contributed by atoms with E-state index in [1.165, 1.54) is 0 Å². The molecule has 0 saturated heterocycles. The molecule has 0 spiro atoms. The molecule has 1 atom stereocenters. The third-order valence-electron chi connectivity index (χ3n) is 5.15. The van der Waals surface area contributed by atoms with Crippen LogP contribution in [0.1, 0.15) is 30.7 Å². The Balaban J connectivity index is 1.64. The van der Waals surface area contributed by atoms with Crippen molar-refractivity contribution in [2.75, 3.05) is 0 Å². The predicted molar refractivity (Wildman–Crippen MR) is 110 cm³/mol. The third kappa shape index (κ3) is 4.03. The zero-order valence-corrected chi connectivity index (χ0v) is 15.7. The van der Waals surface area contributed by atoms with Gasteiger partial charge in [-0.1, -0.05) is 54.6 Å². The molecule has 1 N–H and O–H groups in total. The SMILES string of the molecule is O=C([C@H]1CC=CCC1)N(Cc1ccccc1)Cc1nc2ccccc2c(=O)[nH]1. The van der Waals surface area contributed by atoms with Gasteiger partial charge < -0.3 is 9.88 Å². The second-order valence-corrected chi connectivity index (χ2v) is 7.19. The first-order valence-electron chi connectivity index (χ1n) is 9.66. The number of para-hydroxylation sites is 1. The van der Waals surface area contributed by atoms with E-state index in [9.17, 15) is 9.59 Å². The fourth-order valence-electron chi connectivity index (χ4n) is 3.68. The Bertz CT molecular complexity index is 1060. The minimum absolute atomic E-state index is 0.0131. The van der Waals surface area contributed by atoms with E-state index in [0.29, 0.717) is 23.3 Å². The molecule has 3 aromatic rings. The van der Waals surface area contributed by atoms with Crippen LogP contribution in [0.25, 0.3) is 10.9 Å². The number of fused-ring (bicyclic) bond motifs is 1. The molecule has 5 heteroatoms. The molecular weight excluding hydrogens is 350 g/mol. The molecule has 0 radical (unpaired) electrons. The number of nitrogens with one attached hydrogen (secondary N) is 1. The molecule has 0 aliphatic heterocycles. The number of hydrogen-bond donors (Lipinski definition) is 1. The Morgan fingerprint density at radius 2 is 1.82 bits per heavy atom. The Morgan fingerprint density at radius 1 is 1.04 bits per heavy atom. The van der Waals surface area contributed by atoms with Crippen LogP contribution in [0.2, 0.25) is 0 Å². The van der Waals surface area contributed by atoms with Gasteiger partial charge in [-0.25, -0.2) is 4.98 Å². The molecule has 0 bridgehead atoms. The number of H-pyrrole nitrogens is 1. The number of carbonyl (C=O) groups is 1. The van der Waals surface area contributed by atoms with E-state index < -0.39 is 0 Å². The average Bonchev–Trinajstić information content (AvgIpc) is 2.74. The lowest BCUT2D eigenvalue weighted by Crippen LogP contribution is -2.36. The van der Waals surface area contributed by atoms with Gasteiger partial charge in [-0.15, -0.1) is 0 Å². The summed E-state index contributed by atoms with van der Waals surface area (Å²) in [4.78, 5) is 34.9. The van der Waals surface area contributed by atoms with Gasteiger partial charge in [-0.3, -0.25) is 9.59 Å². The molecule has 0 saturated carbocycles. The topological polar surface area (TPSA) is 66.1 Å². The standard InChI is InChI=1S/C23H23N3O2/c27-22-19-13-7-8-14-20(19)24-21(25-22)16-26(15-17-9-3-1-4-10-17)23(28)18-11-5-2-6-12-18/h1-5,7-10,13-14,18H,6,11-12,15-16H2,(H,24,25,27)/t18-/m0/s1. The van der Waals surface area contributed by atoms with Crippen LogP contribution in [0, 0.1) is 5.92 Å². The van der Waals surface area contributed by atoms with Crippen molar-refractivity contribution in [1.82, 2.24) is 14.9 Å². The van der Waals surface area contributed by atoms with Gasteiger partial charge in [-0.05, 0) is 37.0 Å². The van der Waals surface area contributed by atoms with E-state index >= 15 is 0 Å². The monoisotopic (exact) mass is 373 g/mol. The minimum atomic E-state index is -0.173. The Kier molecular flexibility index (Phi) is 5.33. The van der Waals surface area contributed by atoms with Crippen LogP contribution in [0.5, 0.6) is 0 Å². The summed E-state index contributed by atoms with van der Waals surface area (Å²) < 4.78 is 0. The van der Waals surface area contributed by atoms with Crippen molar-refractivity contribution in [2.45, 2.75) is 32.4 Å². The maximum Gasteiger partial charge on any atom is 0.258 e. The van der Waals surface area contributed by atoms with Gasteiger partial charge in [0.25, 0.3) is 5.56 Å². The number of rotatable bonds is 5. The zero-order valence-electron chi connectivity index (χ0n) is 15.7. The fraction of sp³-hybridized carbons (Fsp3) is 0.261. The van der Waals surface area contributed by atoms with E-state index in [-0.39, 0.29) is 23.9 Å². The van der Waals surface area contributed by atoms with Crippen LogP contribution >= 0.6 is 0 Å². The largest absolute Gasteiger partial charge is 0.331 e. The highest BCUT2D eigenvalue weighted by Gasteiger charge is 2.25. The maximum absolute atomic E-state index is 13.2. The minimum Gasteiger partial charge on any atom is -0.331 e. The fourth-order valence-corrected chi connectivity index (χ4v) is 3.68. The first-order chi connectivity index (χ1) is 13.7.